The summed E-state index contributed by atoms with van der Waals surface area (Å²) in [6.07, 6.45) is 0. The van der Waals surface area contributed by atoms with Crippen molar-refractivity contribution in [1.29, 1.82) is 0 Å². The number of halogens is 2. The van der Waals surface area contributed by atoms with Gasteiger partial charge in [-0.15, -0.1) is 0 Å². The van der Waals surface area contributed by atoms with E-state index in [0.717, 1.165) is 0 Å². The van der Waals surface area contributed by atoms with Crippen molar-refractivity contribution in [3.8, 4) is 0 Å². The summed E-state index contributed by atoms with van der Waals surface area (Å²) in [6.45, 7) is 4.49. The Kier molecular flexibility index (Phi) is 4.09. The fourth-order valence-corrected chi connectivity index (χ4v) is 7.63. The second-order valence-corrected chi connectivity index (χ2v) is 12.4. The van der Waals surface area contributed by atoms with Crippen molar-refractivity contribution in [2.24, 2.45) is 0 Å². The maximum Gasteiger partial charge on any atom is 0.123 e. The quantitative estimate of drug-likeness (QED) is 0.755. The van der Waals surface area contributed by atoms with Crippen molar-refractivity contribution in [2.45, 2.75) is 13.1 Å². The third kappa shape index (κ3) is 2.94. The molecule has 0 aromatic heterocycles. The van der Waals surface area contributed by atoms with E-state index in [9.17, 15) is 8.78 Å². The predicted molar refractivity (Wildman–Crippen MR) is 75.3 cm³/mol. The molecule has 0 aliphatic heterocycles. The molecule has 0 fully saturated rings. The highest BCUT2D eigenvalue weighted by molar-refractivity contribution is 7.32. The van der Waals surface area contributed by atoms with Crippen molar-refractivity contribution >= 4 is 27.0 Å². The van der Waals surface area contributed by atoms with Crippen LogP contribution in [0.5, 0.6) is 0 Å². The van der Waals surface area contributed by atoms with E-state index in [1.807, 2.05) is 24.3 Å². The summed E-state index contributed by atoms with van der Waals surface area (Å²) >= 11 is 0. The van der Waals surface area contributed by atoms with Crippen LogP contribution in [0.2, 0.25) is 13.1 Å². The molecule has 0 spiro atoms. The van der Waals surface area contributed by atoms with Crippen molar-refractivity contribution in [1.82, 2.24) is 0 Å². The minimum absolute atomic E-state index is 0.194. The van der Waals surface area contributed by atoms with Crippen LogP contribution >= 0.6 is 0 Å². The van der Waals surface area contributed by atoms with Crippen LogP contribution in [0.4, 0.5) is 8.78 Å². The van der Waals surface area contributed by atoms with Gasteiger partial charge in [-0.1, -0.05) is 47.7 Å². The summed E-state index contributed by atoms with van der Waals surface area (Å²) in [6, 6.07) is 13.6. The molecule has 18 heavy (non-hydrogen) atoms. The molecule has 0 aliphatic carbocycles. The van der Waals surface area contributed by atoms with Crippen LogP contribution < -0.4 is 10.4 Å². The van der Waals surface area contributed by atoms with E-state index in [1.165, 1.54) is 34.6 Å². The van der Waals surface area contributed by atoms with Gasteiger partial charge in [0.1, 0.15) is 11.6 Å². The van der Waals surface area contributed by atoms with Gasteiger partial charge in [0, 0.05) is 0 Å². The van der Waals surface area contributed by atoms with Gasteiger partial charge < -0.3 is 0 Å². The fraction of sp³-hybridized carbons (Fsp3) is 0.143. The van der Waals surface area contributed by atoms with Crippen LogP contribution in [-0.2, 0) is 0 Å². The maximum atomic E-state index is 12.9. The molecule has 2 aromatic rings. The van der Waals surface area contributed by atoms with Gasteiger partial charge in [-0.2, -0.15) is 0 Å². The summed E-state index contributed by atoms with van der Waals surface area (Å²) in [5.41, 5.74) is 0. The summed E-state index contributed by atoms with van der Waals surface area (Å²) in [5.74, 6) is -0.389. The molecule has 0 aliphatic rings. The minimum Gasteiger partial charge on any atom is -0.207 e. The summed E-state index contributed by atoms with van der Waals surface area (Å²) in [7, 11) is -1.43. The zero-order chi connectivity index (χ0) is 13.1. The van der Waals surface area contributed by atoms with Gasteiger partial charge >= 0.3 is 0 Å². The highest BCUT2D eigenvalue weighted by atomic mass is 29.2. The molecule has 0 bridgehead atoms. The van der Waals surface area contributed by atoms with Crippen LogP contribution in [0, 0.1) is 11.6 Å². The largest absolute Gasteiger partial charge is 0.207 e. The Balaban J connectivity index is 2.20. The smallest absolute Gasteiger partial charge is 0.123 e. The first-order valence-electron chi connectivity index (χ1n) is 5.77. The SMILES string of the molecule is C[Si](c1ccc(F)cc1)[Si](C)c1ccc(F)cc1. The third-order valence-corrected chi connectivity index (χ3v) is 11.7. The van der Waals surface area contributed by atoms with Crippen LogP contribution in [0.15, 0.2) is 48.5 Å². The standard InChI is InChI=1S/C14H14F2Si2/c1-17(13-7-3-11(15)4-8-13)18(2)14-9-5-12(16)6-10-14/h3-10H,1-2H3. The van der Waals surface area contributed by atoms with Gasteiger partial charge in [-0.3, -0.25) is 0 Å². The molecule has 0 atom stereocenters. The lowest BCUT2D eigenvalue weighted by molar-refractivity contribution is 0.628. The number of hydrogen-bond acceptors (Lipinski definition) is 0. The molecular formula is C14H14F2Si2. The summed E-state index contributed by atoms with van der Waals surface area (Å²) < 4.78 is 25.8. The number of benzene rings is 2. The van der Waals surface area contributed by atoms with Gasteiger partial charge in [-0.05, 0) is 24.3 Å². The predicted octanol–water partition coefficient (Wildman–Crippen LogP) is 2.41. The van der Waals surface area contributed by atoms with E-state index < -0.39 is 16.6 Å². The zero-order valence-corrected chi connectivity index (χ0v) is 12.4. The molecule has 92 valence electrons. The Labute approximate surface area is 109 Å². The molecule has 0 amide bonds. The molecule has 0 N–H and O–H groups in total. The normalized spacial score (nSPS) is 11.2. The average molecular weight is 276 g/mol. The van der Waals surface area contributed by atoms with Crippen LogP contribution in [0.1, 0.15) is 0 Å². The van der Waals surface area contributed by atoms with Gasteiger partial charge in [0.15, 0.2) is 0 Å². The molecule has 4 heteroatoms. The average Bonchev–Trinajstić information content (AvgIpc) is 2.39. The maximum absolute atomic E-state index is 12.9. The molecular weight excluding hydrogens is 262 g/mol. The summed E-state index contributed by atoms with van der Waals surface area (Å²) in [4.78, 5) is 0. The Bertz CT molecular complexity index is 459. The molecule has 2 radical (unpaired) electrons. The Morgan fingerprint density at radius 1 is 0.611 bits per heavy atom. The third-order valence-electron chi connectivity index (χ3n) is 3.12. The van der Waals surface area contributed by atoms with Gasteiger partial charge in [0.05, 0.1) is 16.6 Å². The Morgan fingerprint density at radius 3 is 1.17 bits per heavy atom. The topological polar surface area (TPSA) is 0 Å². The summed E-state index contributed by atoms with van der Waals surface area (Å²) in [5, 5.41) is 2.48. The van der Waals surface area contributed by atoms with Crippen LogP contribution in [0.3, 0.4) is 0 Å². The molecule has 2 rings (SSSR count). The van der Waals surface area contributed by atoms with Gasteiger partial charge in [0.25, 0.3) is 0 Å². The molecule has 0 heterocycles. The van der Waals surface area contributed by atoms with Crippen molar-refractivity contribution in [3.05, 3.63) is 60.2 Å². The van der Waals surface area contributed by atoms with E-state index in [-0.39, 0.29) is 11.6 Å². The molecule has 0 unspecified atom stereocenters. The molecule has 0 saturated carbocycles. The lowest BCUT2D eigenvalue weighted by Crippen LogP contribution is -2.48. The number of rotatable bonds is 3. The van der Waals surface area contributed by atoms with E-state index in [1.54, 1.807) is 0 Å². The van der Waals surface area contributed by atoms with Crippen molar-refractivity contribution in [3.63, 3.8) is 0 Å². The monoisotopic (exact) mass is 276 g/mol. The zero-order valence-electron chi connectivity index (χ0n) is 10.4. The van der Waals surface area contributed by atoms with E-state index in [4.69, 9.17) is 0 Å². The van der Waals surface area contributed by atoms with Crippen LogP contribution in [-0.4, -0.2) is 16.6 Å². The lowest BCUT2D eigenvalue weighted by Gasteiger charge is -2.17. The van der Waals surface area contributed by atoms with E-state index >= 15 is 0 Å². The Morgan fingerprint density at radius 2 is 0.889 bits per heavy atom. The van der Waals surface area contributed by atoms with Crippen molar-refractivity contribution in [2.75, 3.05) is 0 Å². The molecule has 0 nitrogen and oxygen atoms in total. The molecule has 0 saturated heterocycles. The molecule has 2 aromatic carbocycles. The first kappa shape index (κ1) is 13.2. The first-order valence-corrected chi connectivity index (χ1v) is 10.8. The van der Waals surface area contributed by atoms with E-state index in [0.29, 0.717) is 0 Å². The fourth-order valence-electron chi connectivity index (χ4n) is 1.83. The second-order valence-electron chi connectivity index (χ2n) is 4.26. The first-order chi connectivity index (χ1) is 8.58. The van der Waals surface area contributed by atoms with Crippen LogP contribution in [0.25, 0.3) is 0 Å². The number of hydrogen-bond donors (Lipinski definition) is 0. The van der Waals surface area contributed by atoms with Crippen molar-refractivity contribution < 1.29 is 8.78 Å². The van der Waals surface area contributed by atoms with E-state index in [2.05, 4.69) is 13.1 Å². The Hall–Kier alpha value is -1.27. The highest BCUT2D eigenvalue weighted by Crippen LogP contribution is 2.00. The minimum atomic E-state index is -0.714. The highest BCUT2D eigenvalue weighted by Gasteiger charge is 2.20. The van der Waals surface area contributed by atoms with Gasteiger partial charge in [0.2, 0.25) is 0 Å². The lowest BCUT2D eigenvalue weighted by atomic mass is 10.3. The second kappa shape index (κ2) is 5.58. The van der Waals surface area contributed by atoms with Gasteiger partial charge in [-0.25, -0.2) is 8.78 Å².